The zero-order valence-corrected chi connectivity index (χ0v) is 29.3. The minimum Gasteiger partial charge on any atom is -0.494 e. The SMILES string of the molecule is COc1ccc(CO[P+](C)(OCc2ccc(OC)c(F)c2)c2ccc(Oc3cc(OC(C)C)cc(C(=O)Nc4nccs4)c3)cc2)cc1F. The van der Waals surface area contributed by atoms with Gasteiger partial charge in [-0.15, -0.1) is 11.3 Å². The second-order valence-electron chi connectivity index (χ2n) is 11.1. The number of hydrogen-bond donors (Lipinski definition) is 1. The van der Waals surface area contributed by atoms with E-state index in [0.717, 1.165) is 5.30 Å². The van der Waals surface area contributed by atoms with Crippen molar-refractivity contribution in [2.24, 2.45) is 0 Å². The lowest BCUT2D eigenvalue weighted by Crippen LogP contribution is -2.16. The molecule has 0 radical (unpaired) electrons. The van der Waals surface area contributed by atoms with Crippen LogP contribution in [0.1, 0.15) is 35.3 Å². The van der Waals surface area contributed by atoms with Crippen LogP contribution in [0, 0.1) is 11.6 Å². The summed E-state index contributed by atoms with van der Waals surface area (Å²) in [7, 11) is -0.0381. The maximum absolute atomic E-state index is 14.4. The highest BCUT2D eigenvalue weighted by Gasteiger charge is 2.40. The monoisotopic (exact) mass is 709 g/mol. The summed E-state index contributed by atoms with van der Waals surface area (Å²) in [5.41, 5.74) is 1.51. The van der Waals surface area contributed by atoms with Crippen LogP contribution in [0.15, 0.2) is 90.4 Å². The predicted molar refractivity (Wildman–Crippen MR) is 187 cm³/mol. The Hall–Kier alpha value is -4.61. The molecule has 49 heavy (non-hydrogen) atoms. The summed E-state index contributed by atoms with van der Waals surface area (Å²) < 4.78 is 63.7. The van der Waals surface area contributed by atoms with Crippen LogP contribution in [0.25, 0.3) is 0 Å². The van der Waals surface area contributed by atoms with Crippen LogP contribution in [0.5, 0.6) is 28.7 Å². The summed E-state index contributed by atoms with van der Waals surface area (Å²) in [5.74, 6) is 0.233. The molecule has 0 bridgehead atoms. The summed E-state index contributed by atoms with van der Waals surface area (Å²) in [5, 5.41) is 5.75. The number of rotatable bonds is 15. The van der Waals surface area contributed by atoms with Gasteiger partial charge in [-0.3, -0.25) is 10.1 Å². The average molecular weight is 710 g/mol. The zero-order valence-electron chi connectivity index (χ0n) is 27.6. The number of ether oxygens (including phenoxy) is 4. The summed E-state index contributed by atoms with van der Waals surface area (Å²) in [6, 6.07) is 21.3. The fourth-order valence-corrected chi connectivity index (χ4v) is 7.04. The van der Waals surface area contributed by atoms with E-state index in [4.69, 9.17) is 28.0 Å². The average Bonchev–Trinajstić information content (AvgIpc) is 3.59. The second kappa shape index (κ2) is 16.2. The normalized spacial score (nSPS) is 11.3. The molecule has 0 spiro atoms. The first-order chi connectivity index (χ1) is 23.5. The molecule has 13 heteroatoms. The Kier molecular flexibility index (Phi) is 11.8. The van der Waals surface area contributed by atoms with Crippen LogP contribution in [-0.4, -0.2) is 37.9 Å². The highest BCUT2D eigenvalue weighted by atomic mass is 32.1. The molecule has 1 heterocycles. The van der Waals surface area contributed by atoms with E-state index in [1.807, 2.05) is 32.6 Å². The van der Waals surface area contributed by atoms with Crippen LogP contribution in [-0.2, 0) is 22.3 Å². The van der Waals surface area contributed by atoms with Gasteiger partial charge in [-0.05, 0) is 85.6 Å². The summed E-state index contributed by atoms with van der Waals surface area (Å²) >= 11 is 1.31. The number of carbonyl (C=O) groups excluding carboxylic acids is 1. The quantitative estimate of drug-likeness (QED) is 0.108. The molecule has 1 amide bonds. The highest BCUT2D eigenvalue weighted by Crippen LogP contribution is 2.57. The molecule has 0 aliphatic heterocycles. The minimum absolute atomic E-state index is 0.0505. The fourth-order valence-electron chi connectivity index (χ4n) is 4.66. The molecule has 1 N–H and O–H groups in total. The van der Waals surface area contributed by atoms with E-state index in [9.17, 15) is 13.6 Å². The van der Waals surface area contributed by atoms with Crippen LogP contribution in [0.2, 0.25) is 0 Å². The highest BCUT2D eigenvalue weighted by molar-refractivity contribution is 7.73. The van der Waals surface area contributed by atoms with Crippen molar-refractivity contribution in [2.45, 2.75) is 33.2 Å². The van der Waals surface area contributed by atoms with Gasteiger partial charge in [-0.2, -0.15) is 9.05 Å². The Morgan fingerprint density at radius 2 is 1.41 bits per heavy atom. The van der Waals surface area contributed by atoms with E-state index in [0.29, 0.717) is 39.1 Å². The topological polar surface area (TPSA) is 97.4 Å². The number of thiazole rings is 1. The van der Waals surface area contributed by atoms with E-state index < -0.39 is 19.4 Å². The van der Waals surface area contributed by atoms with Gasteiger partial charge in [0, 0.05) is 23.2 Å². The Balaban J connectivity index is 1.38. The van der Waals surface area contributed by atoms with E-state index in [-0.39, 0.29) is 36.7 Å². The first kappa shape index (κ1) is 35.7. The lowest BCUT2D eigenvalue weighted by Gasteiger charge is -2.21. The molecule has 0 saturated carbocycles. The van der Waals surface area contributed by atoms with Gasteiger partial charge in [-0.25, -0.2) is 13.8 Å². The van der Waals surface area contributed by atoms with Crippen molar-refractivity contribution in [2.75, 3.05) is 26.2 Å². The molecule has 0 unspecified atom stereocenters. The number of halogens is 2. The maximum Gasteiger partial charge on any atom is 0.305 e. The van der Waals surface area contributed by atoms with Gasteiger partial charge >= 0.3 is 7.72 Å². The van der Waals surface area contributed by atoms with E-state index >= 15 is 0 Å². The van der Waals surface area contributed by atoms with Gasteiger partial charge in [0.15, 0.2) is 33.6 Å². The van der Waals surface area contributed by atoms with Crippen LogP contribution < -0.4 is 29.6 Å². The molecular formula is C36H36F2N2O7PS+. The van der Waals surface area contributed by atoms with Crippen molar-refractivity contribution in [1.29, 1.82) is 0 Å². The Bertz CT molecular complexity index is 1820. The summed E-state index contributed by atoms with van der Waals surface area (Å²) in [6.07, 6.45) is 1.48. The molecule has 5 aromatic rings. The lowest BCUT2D eigenvalue weighted by atomic mass is 10.2. The summed E-state index contributed by atoms with van der Waals surface area (Å²) in [6.45, 7) is 5.72. The molecule has 0 fully saturated rings. The Morgan fingerprint density at radius 1 is 0.816 bits per heavy atom. The molecule has 0 atom stereocenters. The molecule has 9 nitrogen and oxygen atoms in total. The second-order valence-corrected chi connectivity index (χ2v) is 14.7. The number of hydrogen-bond acceptors (Lipinski definition) is 9. The van der Waals surface area contributed by atoms with E-state index in [1.54, 1.807) is 54.0 Å². The number of nitrogens with zero attached hydrogens (tertiary/aromatic N) is 1. The predicted octanol–water partition coefficient (Wildman–Crippen LogP) is 8.81. The molecular weight excluding hydrogens is 673 g/mol. The number of anilines is 1. The molecule has 256 valence electrons. The number of methoxy groups -OCH3 is 2. The van der Waals surface area contributed by atoms with Crippen molar-refractivity contribution < 1.29 is 41.6 Å². The lowest BCUT2D eigenvalue weighted by molar-refractivity contribution is 0.102. The third-order valence-electron chi connectivity index (χ3n) is 7.10. The number of carbonyl (C=O) groups is 1. The standard InChI is InChI=1S/C36H35F2N2O7PS/c1-23(2)46-28-18-26(35(41)40-36-39-14-15-49-36)19-29(20-28)47-27-8-10-30(11-9-27)48(5,44-21-24-6-12-33(42-3)31(37)16-24)45-22-25-7-13-34(43-4)32(38)17-25/h6-20,23H,21-22H2,1-5H3/p+1. The molecule has 4 aromatic carbocycles. The summed E-state index contributed by atoms with van der Waals surface area (Å²) in [4.78, 5) is 17.1. The van der Waals surface area contributed by atoms with Crippen molar-refractivity contribution in [3.63, 3.8) is 0 Å². The van der Waals surface area contributed by atoms with Gasteiger partial charge in [0.1, 0.15) is 37.1 Å². The largest absolute Gasteiger partial charge is 0.494 e. The Labute approximate surface area is 288 Å². The van der Waals surface area contributed by atoms with Gasteiger partial charge < -0.3 is 18.9 Å². The molecule has 0 saturated heterocycles. The van der Waals surface area contributed by atoms with E-state index in [1.165, 1.54) is 49.8 Å². The third kappa shape index (κ3) is 9.51. The number of amides is 1. The number of benzene rings is 4. The van der Waals surface area contributed by atoms with Crippen LogP contribution in [0.4, 0.5) is 13.9 Å². The minimum atomic E-state index is -2.84. The van der Waals surface area contributed by atoms with Gasteiger partial charge in [0.25, 0.3) is 5.91 Å². The van der Waals surface area contributed by atoms with Gasteiger partial charge in [0.05, 0.1) is 20.3 Å². The maximum atomic E-state index is 14.4. The smallest absolute Gasteiger partial charge is 0.305 e. The fraction of sp³-hybridized carbons (Fsp3) is 0.222. The first-order valence-corrected chi connectivity index (χ1v) is 18.1. The molecule has 5 rings (SSSR count). The molecule has 0 aliphatic carbocycles. The van der Waals surface area contributed by atoms with Crippen molar-refractivity contribution in [3.05, 3.63) is 119 Å². The zero-order chi connectivity index (χ0) is 35.0. The molecule has 1 aromatic heterocycles. The van der Waals surface area contributed by atoms with Crippen molar-refractivity contribution in [1.82, 2.24) is 4.98 Å². The van der Waals surface area contributed by atoms with Crippen LogP contribution >= 0.6 is 19.1 Å². The van der Waals surface area contributed by atoms with Crippen LogP contribution in [0.3, 0.4) is 0 Å². The van der Waals surface area contributed by atoms with Gasteiger partial charge in [-0.1, -0.05) is 12.1 Å². The molecule has 0 aliphatic rings. The first-order valence-electron chi connectivity index (χ1n) is 15.2. The Morgan fingerprint density at radius 3 is 1.92 bits per heavy atom. The number of nitrogens with one attached hydrogen (secondary N) is 1. The third-order valence-corrected chi connectivity index (χ3v) is 10.3. The van der Waals surface area contributed by atoms with E-state index in [2.05, 4.69) is 10.3 Å². The van der Waals surface area contributed by atoms with Crippen molar-refractivity contribution in [3.8, 4) is 28.7 Å². The van der Waals surface area contributed by atoms with Gasteiger partial charge in [0.2, 0.25) is 0 Å². The van der Waals surface area contributed by atoms with Crippen molar-refractivity contribution >= 4 is 35.4 Å². The number of aromatic nitrogens is 1.